The van der Waals surface area contributed by atoms with Crippen LogP contribution in [0.3, 0.4) is 0 Å². The van der Waals surface area contributed by atoms with E-state index in [-0.39, 0.29) is 60.2 Å². The first-order chi connectivity index (χ1) is 20.2. The first-order valence-corrected chi connectivity index (χ1v) is 19.7. The molecule has 2 saturated heterocycles. The molecule has 0 unspecified atom stereocenters. The summed E-state index contributed by atoms with van der Waals surface area (Å²) in [4.78, 5) is 14.1. The van der Waals surface area contributed by atoms with E-state index in [4.69, 9.17) is 22.6 Å². The summed E-state index contributed by atoms with van der Waals surface area (Å²) < 4.78 is 57.4. The van der Waals surface area contributed by atoms with Gasteiger partial charge >= 0.3 is 0 Å². The Kier molecular flexibility index (Phi) is 9.41. The van der Waals surface area contributed by atoms with Crippen molar-refractivity contribution in [3.63, 3.8) is 0 Å². The molecule has 4 heterocycles. The van der Waals surface area contributed by atoms with E-state index in [2.05, 4.69) is 67.0 Å². The van der Waals surface area contributed by atoms with Gasteiger partial charge in [-0.05, 0) is 49.7 Å². The van der Waals surface area contributed by atoms with E-state index < -0.39 is 30.2 Å². The summed E-state index contributed by atoms with van der Waals surface area (Å²) in [7, 11) is -7.21. The van der Waals surface area contributed by atoms with Gasteiger partial charge in [0.2, 0.25) is 20.0 Å². The summed E-state index contributed by atoms with van der Waals surface area (Å²) in [6.45, 7) is 27.9. The Balaban J connectivity index is 1.71. The average molecular weight is 685 g/mol. The van der Waals surface area contributed by atoms with E-state index in [9.17, 15) is 16.8 Å². The average Bonchev–Trinajstić information content (AvgIpc) is 2.83. The van der Waals surface area contributed by atoms with Gasteiger partial charge in [-0.25, -0.2) is 21.6 Å². The summed E-state index contributed by atoms with van der Waals surface area (Å²) in [6, 6.07) is -0.231. The third-order valence-electron chi connectivity index (χ3n) is 9.21. The second-order valence-corrected chi connectivity index (χ2v) is 21.5. The zero-order valence-corrected chi connectivity index (χ0v) is 32.1. The first kappa shape index (κ1) is 36.4. The van der Waals surface area contributed by atoms with Crippen LogP contribution in [0.4, 0.5) is 0 Å². The number of nitrogens with one attached hydrogen (secondary N) is 1. The SMILES string of the molecule is CC(C)[C@@H]1N=C(C(C)(C)CCN2CC3=C(C(C)(C)C)[C@H](C)N=C(C(C)(C)C)N3CS2(=O)=O)N2CS(=O)(=O)NCC2=C1C(C)(C)S. The van der Waals surface area contributed by atoms with Crippen LogP contribution in [0.2, 0.25) is 0 Å². The van der Waals surface area contributed by atoms with Crippen molar-refractivity contribution in [1.29, 1.82) is 0 Å². The molecule has 45 heavy (non-hydrogen) atoms. The van der Waals surface area contributed by atoms with Crippen LogP contribution in [-0.4, -0.2) is 90.8 Å². The van der Waals surface area contributed by atoms with E-state index >= 15 is 0 Å². The molecule has 1 N–H and O–H groups in total. The van der Waals surface area contributed by atoms with E-state index in [1.54, 1.807) is 4.31 Å². The summed E-state index contributed by atoms with van der Waals surface area (Å²) in [6.07, 6.45) is 0.473. The lowest BCUT2D eigenvalue weighted by atomic mass is 9.79. The molecule has 0 saturated carbocycles. The number of sulfonamides is 2. The van der Waals surface area contributed by atoms with Crippen LogP contribution in [0.1, 0.15) is 96.4 Å². The van der Waals surface area contributed by atoms with Gasteiger partial charge in [-0.2, -0.15) is 16.9 Å². The highest BCUT2D eigenvalue weighted by atomic mass is 32.2. The Morgan fingerprint density at radius 2 is 1.42 bits per heavy atom. The number of thiol groups is 1. The van der Waals surface area contributed by atoms with Crippen LogP contribution in [0, 0.1) is 22.2 Å². The number of nitrogens with zero attached hydrogens (tertiary/aromatic N) is 5. The van der Waals surface area contributed by atoms with Crippen molar-refractivity contribution in [2.45, 2.75) is 113 Å². The van der Waals surface area contributed by atoms with E-state index in [0.717, 1.165) is 28.4 Å². The Morgan fingerprint density at radius 1 is 0.844 bits per heavy atom. The lowest BCUT2D eigenvalue weighted by Crippen LogP contribution is -2.58. The number of amidine groups is 2. The minimum atomic E-state index is -3.66. The maximum Gasteiger partial charge on any atom is 0.233 e. The molecule has 4 rings (SSSR count). The zero-order valence-electron chi connectivity index (χ0n) is 29.6. The van der Waals surface area contributed by atoms with Crippen molar-refractivity contribution in [3.05, 3.63) is 22.5 Å². The maximum absolute atomic E-state index is 13.9. The monoisotopic (exact) mass is 684 g/mol. The van der Waals surface area contributed by atoms with Crippen molar-refractivity contribution in [1.82, 2.24) is 18.8 Å². The van der Waals surface area contributed by atoms with Crippen LogP contribution in [-0.2, 0) is 20.0 Å². The van der Waals surface area contributed by atoms with Gasteiger partial charge in [0.1, 0.15) is 23.4 Å². The maximum atomic E-state index is 13.9. The van der Waals surface area contributed by atoms with Gasteiger partial charge in [0, 0.05) is 33.5 Å². The van der Waals surface area contributed by atoms with Gasteiger partial charge in [0.15, 0.2) is 0 Å². The van der Waals surface area contributed by atoms with Crippen LogP contribution in [0.15, 0.2) is 32.5 Å². The lowest BCUT2D eigenvalue weighted by molar-refractivity contribution is 0.291. The fraction of sp³-hybridized carbons (Fsp3) is 0.812. The van der Waals surface area contributed by atoms with Gasteiger partial charge < -0.3 is 9.80 Å². The van der Waals surface area contributed by atoms with Crippen LogP contribution < -0.4 is 4.72 Å². The zero-order chi connectivity index (χ0) is 34.3. The molecule has 0 aromatic carbocycles. The number of aliphatic imine (C=N–C) groups is 2. The summed E-state index contributed by atoms with van der Waals surface area (Å²) in [5, 5.41) is 0. The Labute approximate surface area is 278 Å². The molecule has 0 aromatic heterocycles. The molecule has 2 atom stereocenters. The quantitative estimate of drug-likeness (QED) is 0.379. The molecule has 0 aromatic rings. The Morgan fingerprint density at radius 3 is 1.93 bits per heavy atom. The third kappa shape index (κ3) is 7.22. The van der Waals surface area contributed by atoms with Crippen molar-refractivity contribution in [2.75, 3.05) is 31.4 Å². The van der Waals surface area contributed by atoms with Gasteiger partial charge in [0.05, 0.1) is 25.2 Å². The molecule has 256 valence electrons. The molecule has 0 amide bonds. The number of fused-ring (bicyclic) bond motifs is 2. The highest BCUT2D eigenvalue weighted by Crippen LogP contribution is 2.44. The van der Waals surface area contributed by atoms with E-state index in [1.165, 1.54) is 0 Å². The van der Waals surface area contributed by atoms with Crippen LogP contribution >= 0.6 is 12.6 Å². The van der Waals surface area contributed by atoms with Crippen molar-refractivity contribution >= 4 is 44.3 Å². The molecule has 4 aliphatic heterocycles. The van der Waals surface area contributed by atoms with Crippen LogP contribution in [0.25, 0.3) is 0 Å². The van der Waals surface area contributed by atoms with Gasteiger partial charge in [0.25, 0.3) is 0 Å². The second-order valence-electron chi connectivity index (χ2n) is 16.7. The molecule has 0 bridgehead atoms. The minimum Gasteiger partial charge on any atom is -0.316 e. The predicted octanol–water partition coefficient (Wildman–Crippen LogP) is 5.05. The highest BCUT2D eigenvalue weighted by molar-refractivity contribution is 7.89. The third-order valence-corrected chi connectivity index (χ3v) is 12.3. The predicted molar refractivity (Wildman–Crippen MR) is 188 cm³/mol. The van der Waals surface area contributed by atoms with Gasteiger partial charge in [-0.15, -0.1) is 0 Å². The molecule has 0 radical (unpaired) electrons. The van der Waals surface area contributed by atoms with Gasteiger partial charge in [-0.1, -0.05) is 69.2 Å². The second kappa shape index (κ2) is 11.6. The normalized spacial score (nSPS) is 26.6. The van der Waals surface area contributed by atoms with E-state index in [0.29, 0.717) is 12.3 Å². The lowest BCUT2D eigenvalue weighted by Gasteiger charge is -2.49. The molecule has 0 aliphatic carbocycles. The Hall–Kier alpha value is -1.41. The van der Waals surface area contributed by atoms with Gasteiger partial charge in [-0.3, -0.25) is 9.98 Å². The number of hydrogen-bond acceptors (Lipinski definition) is 9. The smallest absolute Gasteiger partial charge is 0.233 e. The Bertz CT molecular complexity index is 1550. The van der Waals surface area contributed by atoms with E-state index in [1.807, 2.05) is 37.5 Å². The van der Waals surface area contributed by atoms with Crippen molar-refractivity contribution in [3.8, 4) is 0 Å². The highest BCUT2D eigenvalue weighted by Gasteiger charge is 2.47. The van der Waals surface area contributed by atoms with Crippen LogP contribution in [0.5, 0.6) is 0 Å². The van der Waals surface area contributed by atoms with Crippen molar-refractivity contribution in [2.24, 2.45) is 32.1 Å². The minimum absolute atomic E-state index is 0.0562. The summed E-state index contributed by atoms with van der Waals surface area (Å²) in [5.41, 5.74) is 2.97. The molecule has 4 aliphatic rings. The molecule has 13 heteroatoms. The number of rotatable bonds is 6. The number of hydrogen-bond donors (Lipinski definition) is 2. The molecular weight excluding hydrogens is 629 g/mol. The first-order valence-electron chi connectivity index (χ1n) is 16.0. The topological polar surface area (TPSA) is 115 Å². The molecule has 10 nitrogen and oxygen atoms in total. The molecular formula is C32H56N6O4S3. The standard InChI is InChI=1S/C32H56N6O4S3/c1-20(2)26-25(32(12,13)43)22-16-33-44(39,40)18-37(22)28(35-26)31(10,11)14-15-36-17-23-24(29(4,5)6)21(3)34-27(30(7,8)9)38(23)19-45(36,41)42/h20-21,26,33,43H,14-19H2,1-13H3/t21-,26-/m0/s1. The largest absolute Gasteiger partial charge is 0.316 e. The fourth-order valence-corrected chi connectivity index (χ4v) is 10.00. The molecule has 0 spiro atoms. The summed E-state index contributed by atoms with van der Waals surface area (Å²) >= 11 is 4.92. The fourth-order valence-electron chi connectivity index (χ4n) is 7.22. The summed E-state index contributed by atoms with van der Waals surface area (Å²) in [5.74, 6) is 1.27. The molecule has 2 fully saturated rings. The van der Waals surface area contributed by atoms with Crippen molar-refractivity contribution < 1.29 is 16.8 Å².